The van der Waals surface area contributed by atoms with Gasteiger partial charge in [-0.1, -0.05) is 13.8 Å². The second-order valence-electron chi connectivity index (χ2n) is 3.47. The lowest BCUT2D eigenvalue weighted by atomic mass is 9.89. The van der Waals surface area contributed by atoms with Crippen LogP contribution in [-0.2, 0) is 9.47 Å². The van der Waals surface area contributed by atoms with Crippen molar-refractivity contribution in [2.45, 2.75) is 26.6 Å². The highest BCUT2D eigenvalue weighted by molar-refractivity contribution is 4.70. The van der Waals surface area contributed by atoms with E-state index in [0.717, 1.165) is 6.42 Å². The molecule has 0 aliphatic carbocycles. The van der Waals surface area contributed by atoms with Gasteiger partial charge >= 0.3 is 0 Å². The third-order valence-electron chi connectivity index (χ3n) is 1.80. The SMILES string of the molecule is COC(CC(C)(C)CN)OC. The lowest BCUT2D eigenvalue weighted by Crippen LogP contribution is -2.30. The van der Waals surface area contributed by atoms with E-state index >= 15 is 0 Å². The van der Waals surface area contributed by atoms with Gasteiger partial charge in [-0.2, -0.15) is 0 Å². The highest BCUT2D eigenvalue weighted by Gasteiger charge is 2.21. The van der Waals surface area contributed by atoms with Crippen LogP contribution in [0.15, 0.2) is 0 Å². The van der Waals surface area contributed by atoms with Crippen LogP contribution in [0.3, 0.4) is 0 Å². The largest absolute Gasteiger partial charge is 0.356 e. The van der Waals surface area contributed by atoms with Gasteiger partial charge in [-0.25, -0.2) is 0 Å². The molecule has 0 radical (unpaired) electrons. The smallest absolute Gasteiger partial charge is 0.157 e. The minimum atomic E-state index is -0.131. The molecule has 0 amide bonds. The Morgan fingerprint density at radius 1 is 1.27 bits per heavy atom. The van der Waals surface area contributed by atoms with Gasteiger partial charge in [0.1, 0.15) is 0 Å². The van der Waals surface area contributed by atoms with E-state index in [2.05, 4.69) is 13.8 Å². The fourth-order valence-electron chi connectivity index (χ4n) is 0.797. The van der Waals surface area contributed by atoms with Crippen molar-refractivity contribution in [2.24, 2.45) is 11.1 Å². The van der Waals surface area contributed by atoms with E-state index in [4.69, 9.17) is 15.2 Å². The van der Waals surface area contributed by atoms with Crippen molar-refractivity contribution in [3.8, 4) is 0 Å². The summed E-state index contributed by atoms with van der Waals surface area (Å²) in [5.41, 5.74) is 5.65. The second kappa shape index (κ2) is 4.70. The van der Waals surface area contributed by atoms with Crippen LogP contribution in [0.2, 0.25) is 0 Å². The first-order valence-corrected chi connectivity index (χ1v) is 3.81. The minimum Gasteiger partial charge on any atom is -0.356 e. The van der Waals surface area contributed by atoms with Gasteiger partial charge in [-0.05, 0) is 12.0 Å². The maximum absolute atomic E-state index is 5.55. The number of hydrogen-bond acceptors (Lipinski definition) is 3. The van der Waals surface area contributed by atoms with Crippen LogP contribution in [0.5, 0.6) is 0 Å². The predicted molar refractivity (Wildman–Crippen MR) is 45.3 cm³/mol. The average Bonchev–Trinajstić information content (AvgIpc) is 2.00. The molecule has 0 rings (SSSR count). The van der Waals surface area contributed by atoms with Gasteiger partial charge < -0.3 is 15.2 Å². The van der Waals surface area contributed by atoms with Gasteiger partial charge in [0, 0.05) is 20.6 Å². The maximum atomic E-state index is 5.55. The Balaban J connectivity index is 3.79. The molecule has 0 aromatic heterocycles. The van der Waals surface area contributed by atoms with Crippen LogP contribution in [0.1, 0.15) is 20.3 Å². The summed E-state index contributed by atoms with van der Waals surface area (Å²) in [5, 5.41) is 0. The Bertz CT molecular complexity index is 100. The van der Waals surface area contributed by atoms with E-state index < -0.39 is 0 Å². The van der Waals surface area contributed by atoms with E-state index in [0.29, 0.717) is 6.54 Å². The van der Waals surface area contributed by atoms with E-state index in [1.807, 2.05) is 0 Å². The normalized spacial score (nSPS) is 12.5. The first-order valence-electron chi connectivity index (χ1n) is 3.81. The molecule has 3 heteroatoms. The van der Waals surface area contributed by atoms with Crippen LogP contribution in [0.4, 0.5) is 0 Å². The molecular weight excluding hydrogens is 142 g/mol. The van der Waals surface area contributed by atoms with Gasteiger partial charge in [0.05, 0.1) is 0 Å². The Morgan fingerprint density at radius 2 is 1.73 bits per heavy atom. The number of ether oxygens (including phenoxy) is 2. The van der Waals surface area contributed by atoms with Crippen molar-refractivity contribution in [2.75, 3.05) is 20.8 Å². The fraction of sp³-hybridized carbons (Fsp3) is 1.00. The molecule has 0 atom stereocenters. The van der Waals surface area contributed by atoms with E-state index in [1.165, 1.54) is 0 Å². The number of hydrogen-bond donors (Lipinski definition) is 1. The Hall–Kier alpha value is -0.120. The third-order valence-corrected chi connectivity index (χ3v) is 1.80. The fourth-order valence-corrected chi connectivity index (χ4v) is 0.797. The van der Waals surface area contributed by atoms with Gasteiger partial charge in [0.15, 0.2) is 6.29 Å². The highest BCUT2D eigenvalue weighted by atomic mass is 16.7. The molecule has 0 fully saturated rings. The molecule has 0 bridgehead atoms. The minimum absolute atomic E-state index is 0.0939. The molecular formula is C8H19NO2. The molecule has 0 aromatic carbocycles. The Kier molecular flexibility index (Phi) is 4.65. The standard InChI is InChI=1S/C8H19NO2/c1-8(2,6-9)5-7(10-3)11-4/h7H,5-6,9H2,1-4H3. The lowest BCUT2D eigenvalue weighted by molar-refractivity contribution is -0.121. The van der Waals surface area contributed by atoms with Gasteiger partial charge in [-0.15, -0.1) is 0 Å². The zero-order valence-corrected chi connectivity index (χ0v) is 7.89. The summed E-state index contributed by atoms with van der Waals surface area (Å²) in [5.74, 6) is 0. The average molecular weight is 161 g/mol. The van der Waals surface area contributed by atoms with Crippen molar-refractivity contribution in [3.63, 3.8) is 0 Å². The Labute approximate surface area is 68.9 Å². The van der Waals surface area contributed by atoms with Crippen LogP contribution >= 0.6 is 0 Å². The van der Waals surface area contributed by atoms with Gasteiger partial charge in [0.2, 0.25) is 0 Å². The molecule has 0 saturated carbocycles. The summed E-state index contributed by atoms with van der Waals surface area (Å²) in [6.07, 6.45) is 0.699. The molecule has 0 aliphatic rings. The Morgan fingerprint density at radius 3 is 2.00 bits per heavy atom. The summed E-state index contributed by atoms with van der Waals surface area (Å²) >= 11 is 0. The molecule has 11 heavy (non-hydrogen) atoms. The summed E-state index contributed by atoms with van der Waals surface area (Å²) in [4.78, 5) is 0. The number of methoxy groups -OCH3 is 2. The first kappa shape index (κ1) is 10.9. The molecule has 0 aliphatic heterocycles. The molecule has 68 valence electrons. The monoisotopic (exact) mass is 161 g/mol. The molecule has 2 N–H and O–H groups in total. The van der Waals surface area contributed by atoms with Crippen molar-refractivity contribution in [1.82, 2.24) is 0 Å². The van der Waals surface area contributed by atoms with E-state index in [-0.39, 0.29) is 11.7 Å². The molecule has 0 spiro atoms. The zero-order chi connectivity index (χ0) is 8.91. The summed E-state index contributed by atoms with van der Waals surface area (Å²) in [6.45, 7) is 4.84. The number of rotatable bonds is 5. The second-order valence-corrected chi connectivity index (χ2v) is 3.47. The zero-order valence-electron chi connectivity index (χ0n) is 7.89. The quantitative estimate of drug-likeness (QED) is 0.611. The van der Waals surface area contributed by atoms with Crippen molar-refractivity contribution < 1.29 is 9.47 Å². The molecule has 3 nitrogen and oxygen atoms in total. The van der Waals surface area contributed by atoms with Crippen LogP contribution in [0.25, 0.3) is 0 Å². The van der Waals surface area contributed by atoms with E-state index in [9.17, 15) is 0 Å². The summed E-state index contributed by atoms with van der Waals surface area (Å²) in [7, 11) is 3.28. The predicted octanol–water partition coefficient (Wildman–Crippen LogP) is 0.980. The van der Waals surface area contributed by atoms with Crippen molar-refractivity contribution >= 4 is 0 Å². The van der Waals surface area contributed by atoms with Crippen LogP contribution in [-0.4, -0.2) is 27.1 Å². The number of nitrogens with two attached hydrogens (primary N) is 1. The first-order chi connectivity index (χ1) is 5.05. The van der Waals surface area contributed by atoms with Gasteiger partial charge in [0.25, 0.3) is 0 Å². The van der Waals surface area contributed by atoms with Gasteiger partial charge in [-0.3, -0.25) is 0 Å². The van der Waals surface area contributed by atoms with Crippen LogP contribution in [0, 0.1) is 5.41 Å². The maximum Gasteiger partial charge on any atom is 0.157 e. The molecule has 0 saturated heterocycles. The van der Waals surface area contributed by atoms with Crippen LogP contribution < -0.4 is 5.73 Å². The molecule has 0 heterocycles. The van der Waals surface area contributed by atoms with Crippen molar-refractivity contribution in [1.29, 1.82) is 0 Å². The van der Waals surface area contributed by atoms with E-state index in [1.54, 1.807) is 14.2 Å². The third kappa shape index (κ3) is 4.35. The summed E-state index contributed by atoms with van der Waals surface area (Å²) in [6, 6.07) is 0. The molecule has 0 aromatic rings. The highest BCUT2D eigenvalue weighted by Crippen LogP contribution is 2.21. The lowest BCUT2D eigenvalue weighted by Gasteiger charge is -2.26. The summed E-state index contributed by atoms with van der Waals surface area (Å²) < 4.78 is 10.1. The molecule has 0 unspecified atom stereocenters. The topological polar surface area (TPSA) is 44.5 Å². The van der Waals surface area contributed by atoms with Crippen molar-refractivity contribution in [3.05, 3.63) is 0 Å².